The summed E-state index contributed by atoms with van der Waals surface area (Å²) in [4.78, 5) is 4.40. The van der Waals surface area contributed by atoms with Crippen molar-refractivity contribution in [3.05, 3.63) is 63.0 Å². The first-order chi connectivity index (χ1) is 7.74. The smallest absolute Gasteiger partial charge is 0.0641 e. The second-order valence-electron chi connectivity index (χ2n) is 3.29. The summed E-state index contributed by atoms with van der Waals surface area (Å²) in [5.74, 6) is 0. The third-order valence-electron chi connectivity index (χ3n) is 2.02. The summed E-state index contributed by atoms with van der Waals surface area (Å²) >= 11 is 6.85. The second-order valence-corrected chi connectivity index (χ2v) is 5.12. The van der Waals surface area contributed by atoms with E-state index in [1.807, 2.05) is 54.7 Å². The normalized spacial score (nSPS) is 10.9. The van der Waals surface area contributed by atoms with Crippen LogP contribution in [-0.2, 0) is 0 Å². The molecule has 2 aromatic carbocycles. The van der Waals surface area contributed by atoms with Crippen LogP contribution in [0.2, 0.25) is 0 Å². The van der Waals surface area contributed by atoms with Crippen LogP contribution in [0.25, 0.3) is 0 Å². The van der Waals surface area contributed by atoms with E-state index in [1.54, 1.807) is 0 Å². The first-order valence-electron chi connectivity index (χ1n) is 4.79. The van der Waals surface area contributed by atoms with Crippen molar-refractivity contribution >= 4 is 43.8 Å². The first kappa shape index (κ1) is 11.6. The van der Waals surface area contributed by atoms with Gasteiger partial charge in [0.15, 0.2) is 0 Å². The number of benzene rings is 2. The Hall–Kier alpha value is -0.930. The Balaban J connectivity index is 2.21. The van der Waals surface area contributed by atoms with Gasteiger partial charge in [-0.25, -0.2) is 0 Å². The average molecular weight is 339 g/mol. The van der Waals surface area contributed by atoms with E-state index in [0.29, 0.717) is 0 Å². The van der Waals surface area contributed by atoms with E-state index < -0.39 is 0 Å². The Kier molecular flexibility index (Phi) is 3.91. The molecule has 0 unspecified atom stereocenters. The van der Waals surface area contributed by atoms with Crippen molar-refractivity contribution in [2.75, 3.05) is 0 Å². The molecule has 1 nitrogen and oxygen atoms in total. The van der Waals surface area contributed by atoms with Crippen molar-refractivity contribution in [3.8, 4) is 0 Å². The lowest BCUT2D eigenvalue weighted by Gasteiger charge is -1.96. The maximum Gasteiger partial charge on any atom is 0.0641 e. The van der Waals surface area contributed by atoms with Gasteiger partial charge in [0, 0.05) is 15.2 Å². The van der Waals surface area contributed by atoms with Gasteiger partial charge in [0.1, 0.15) is 0 Å². The molecule has 0 bridgehead atoms. The van der Waals surface area contributed by atoms with Gasteiger partial charge in [-0.3, -0.25) is 4.99 Å². The molecule has 0 atom stereocenters. The van der Waals surface area contributed by atoms with Crippen LogP contribution in [0.4, 0.5) is 5.69 Å². The van der Waals surface area contributed by atoms with E-state index in [0.717, 1.165) is 20.2 Å². The maximum absolute atomic E-state index is 4.40. The number of halogens is 2. The van der Waals surface area contributed by atoms with E-state index >= 15 is 0 Å². The predicted octanol–water partition coefficient (Wildman–Crippen LogP) is 4.96. The fourth-order valence-corrected chi connectivity index (χ4v) is 2.10. The lowest BCUT2D eigenvalue weighted by Crippen LogP contribution is -1.79. The van der Waals surface area contributed by atoms with E-state index in [4.69, 9.17) is 0 Å². The Bertz CT molecular complexity index is 473. The van der Waals surface area contributed by atoms with Crippen LogP contribution in [0.3, 0.4) is 0 Å². The molecule has 0 fully saturated rings. The van der Waals surface area contributed by atoms with Gasteiger partial charge in [-0.15, -0.1) is 0 Å². The molecule has 0 aromatic heterocycles. The van der Waals surface area contributed by atoms with Crippen LogP contribution >= 0.6 is 31.9 Å². The van der Waals surface area contributed by atoms with Crippen LogP contribution in [0.1, 0.15) is 5.56 Å². The Morgan fingerprint density at radius 1 is 0.875 bits per heavy atom. The van der Waals surface area contributed by atoms with Crippen LogP contribution in [0.15, 0.2) is 62.5 Å². The highest BCUT2D eigenvalue weighted by molar-refractivity contribution is 9.10. The Morgan fingerprint density at radius 3 is 2.25 bits per heavy atom. The Labute approximate surface area is 111 Å². The zero-order valence-corrected chi connectivity index (χ0v) is 11.6. The van der Waals surface area contributed by atoms with Crippen molar-refractivity contribution in [2.45, 2.75) is 0 Å². The number of nitrogens with zero attached hydrogens (tertiary/aromatic N) is 1. The van der Waals surface area contributed by atoms with Gasteiger partial charge >= 0.3 is 0 Å². The highest BCUT2D eigenvalue weighted by atomic mass is 79.9. The molecule has 3 heteroatoms. The molecule has 0 amide bonds. The molecule has 0 aliphatic carbocycles. The maximum atomic E-state index is 4.40. The molecule has 2 aromatic rings. The summed E-state index contributed by atoms with van der Waals surface area (Å²) in [5, 5.41) is 0. The van der Waals surface area contributed by atoms with Gasteiger partial charge in [0.25, 0.3) is 0 Å². The number of hydrogen-bond donors (Lipinski definition) is 0. The third-order valence-corrected chi connectivity index (χ3v) is 3.01. The fraction of sp³-hybridized carbons (Fsp3) is 0. The molecule has 0 aliphatic heterocycles. The molecule has 0 radical (unpaired) electrons. The fourth-order valence-electron chi connectivity index (χ4n) is 1.29. The van der Waals surface area contributed by atoms with Crippen LogP contribution in [0, 0.1) is 0 Å². The van der Waals surface area contributed by atoms with Crippen molar-refractivity contribution in [1.29, 1.82) is 0 Å². The summed E-state index contributed by atoms with van der Waals surface area (Å²) in [7, 11) is 0. The summed E-state index contributed by atoms with van der Waals surface area (Å²) in [5.41, 5.74) is 2.02. The summed E-state index contributed by atoms with van der Waals surface area (Å²) < 4.78 is 2.10. The average Bonchev–Trinajstić information content (AvgIpc) is 2.27. The SMILES string of the molecule is Brc1cccc(C=Nc2cccc(Br)c2)c1. The lowest BCUT2D eigenvalue weighted by atomic mass is 10.2. The molecule has 0 heterocycles. The minimum Gasteiger partial charge on any atom is -0.256 e. The standard InChI is InChI=1S/C13H9Br2N/c14-11-4-1-3-10(7-11)9-16-13-6-2-5-12(15)8-13/h1-9H. The predicted molar refractivity (Wildman–Crippen MR) is 75.5 cm³/mol. The minimum absolute atomic E-state index is 0.939. The minimum atomic E-state index is 0.939. The summed E-state index contributed by atoms with van der Waals surface area (Å²) in [6.07, 6.45) is 1.85. The van der Waals surface area contributed by atoms with Crippen LogP contribution < -0.4 is 0 Å². The van der Waals surface area contributed by atoms with Crippen LogP contribution in [0.5, 0.6) is 0 Å². The molecule has 0 spiro atoms. The largest absolute Gasteiger partial charge is 0.256 e. The van der Waals surface area contributed by atoms with Gasteiger partial charge < -0.3 is 0 Å². The van der Waals surface area contributed by atoms with E-state index in [1.165, 1.54) is 0 Å². The lowest BCUT2D eigenvalue weighted by molar-refractivity contribution is 1.50. The molecule has 0 aliphatic rings. The first-order valence-corrected chi connectivity index (χ1v) is 6.38. The quantitative estimate of drug-likeness (QED) is 0.686. The number of aliphatic imine (C=N–C) groups is 1. The van der Waals surface area contributed by atoms with Crippen molar-refractivity contribution in [3.63, 3.8) is 0 Å². The zero-order valence-electron chi connectivity index (χ0n) is 8.40. The van der Waals surface area contributed by atoms with Gasteiger partial charge in [-0.1, -0.05) is 50.1 Å². The second kappa shape index (κ2) is 5.41. The van der Waals surface area contributed by atoms with E-state index in [-0.39, 0.29) is 0 Å². The molecule has 16 heavy (non-hydrogen) atoms. The highest BCUT2D eigenvalue weighted by Crippen LogP contribution is 2.18. The van der Waals surface area contributed by atoms with E-state index in [9.17, 15) is 0 Å². The van der Waals surface area contributed by atoms with Gasteiger partial charge in [-0.2, -0.15) is 0 Å². The Morgan fingerprint density at radius 2 is 1.56 bits per heavy atom. The molecular formula is C13H9Br2N. The molecule has 0 N–H and O–H groups in total. The van der Waals surface area contributed by atoms with Crippen LogP contribution in [-0.4, -0.2) is 6.21 Å². The van der Waals surface area contributed by atoms with Crippen molar-refractivity contribution < 1.29 is 0 Å². The van der Waals surface area contributed by atoms with Crippen molar-refractivity contribution in [1.82, 2.24) is 0 Å². The highest BCUT2D eigenvalue weighted by Gasteiger charge is 1.91. The molecule has 0 saturated heterocycles. The molecular weight excluding hydrogens is 330 g/mol. The van der Waals surface area contributed by atoms with Gasteiger partial charge in [-0.05, 0) is 35.9 Å². The van der Waals surface area contributed by atoms with Gasteiger partial charge in [0.05, 0.1) is 5.69 Å². The summed E-state index contributed by atoms with van der Waals surface area (Å²) in [6, 6.07) is 15.9. The molecule has 2 rings (SSSR count). The summed E-state index contributed by atoms with van der Waals surface area (Å²) in [6.45, 7) is 0. The monoisotopic (exact) mass is 337 g/mol. The number of rotatable bonds is 2. The zero-order chi connectivity index (χ0) is 11.4. The van der Waals surface area contributed by atoms with Crippen molar-refractivity contribution in [2.24, 2.45) is 4.99 Å². The molecule has 0 saturated carbocycles. The number of hydrogen-bond acceptors (Lipinski definition) is 1. The molecule has 80 valence electrons. The van der Waals surface area contributed by atoms with Gasteiger partial charge in [0.2, 0.25) is 0 Å². The van der Waals surface area contributed by atoms with E-state index in [2.05, 4.69) is 36.9 Å². The topological polar surface area (TPSA) is 12.4 Å². The third kappa shape index (κ3) is 3.29.